The number of nitrogens with one attached hydrogen (secondary N) is 5. The molecular formula is C37H35Cl2N5O7S. The number of hydrogen-bond acceptors (Lipinski definition) is 7. The maximum Gasteiger partial charge on any atom is 0.330 e. The lowest BCUT2D eigenvalue weighted by Crippen LogP contribution is -2.58. The molecule has 270 valence electrons. The Hall–Kier alpha value is -5.24. The molecule has 0 spiro atoms. The number of hydrogen-bond donors (Lipinski definition) is 6. The molecule has 15 heteroatoms. The van der Waals surface area contributed by atoms with Crippen molar-refractivity contribution in [2.75, 3.05) is 5.32 Å². The van der Waals surface area contributed by atoms with Crippen LogP contribution in [-0.2, 0) is 48.0 Å². The molecule has 2 aliphatic heterocycles. The summed E-state index contributed by atoms with van der Waals surface area (Å²) in [7, 11) is 0. The maximum atomic E-state index is 14.2. The summed E-state index contributed by atoms with van der Waals surface area (Å²) in [6.07, 6.45) is -0.500. The fourth-order valence-corrected chi connectivity index (χ4v) is 6.80. The molecule has 0 radical (unpaired) electrons. The Bertz CT molecular complexity index is 1930. The highest BCUT2D eigenvalue weighted by Gasteiger charge is 2.33. The largest absolute Gasteiger partial charge is 0.479 e. The second-order valence-electron chi connectivity index (χ2n) is 12.1. The number of anilines is 1. The van der Waals surface area contributed by atoms with Crippen LogP contribution in [0.15, 0.2) is 90.3 Å². The van der Waals surface area contributed by atoms with Crippen LogP contribution in [0.4, 0.5) is 5.69 Å². The fourth-order valence-electron chi connectivity index (χ4n) is 5.57. The smallest absolute Gasteiger partial charge is 0.330 e. The molecule has 2 bridgehead atoms. The summed E-state index contributed by atoms with van der Waals surface area (Å²) in [5.41, 5.74) is 1.68. The SMILES string of the molecule is O=C1CCC(=O)N[C@H](Cc2cccs2)C(=O)N[C@@H](Cc2ccc(Cl)cc2Cl)C(=O)N[C@H](Cc2ccccc2)C(=O)NC(C(=O)O)c2ccc(cc2)N1. The van der Waals surface area contributed by atoms with Crippen molar-refractivity contribution in [3.8, 4) is 0 Å². The van der Waals surface area contributed by atoms with Gasteiger partial charge in [0.2, 0.25) is 29.5 Å². The van der Waals surface area contributed by atoms with Crippen LogP contribution >= 0.6 is 34.5 Å². The number of amides is 5. The number of carboxylic acid groups (broad SMARTS) is 1. The van der Waals surface area contributed by atoms with Crippen LogP contribution in [-0.4, -0.2) is 58.7 Å². The van der Waals surface area contributed by atoms with Crippen LogP contribution in [0.1, 0.15) is 40.5 Å². The Balaban J connectivity index is 1.53. The number of carbonyl (C=O) groups is 6. The number of rotatable bonds is 7. The lowest BCUT2D eigenvalue weighted by Gasteiger charge is -2.27. The number of aliphatic carboxylic acids is 1. The van der Waals surface area contributed by atoms with Crippen molar-refractivity contribution in [1.82, 2.24) is 21.3 Å². The van der Waals surface area contributed by atoms with E-state index < -0.39 is 59.7 Å². The number of carboxylic acids is 1. The molecule has 0 fully saturated rings. The van der Waals surface area contributed by atoms with E-state index in [0.717, 1.165) is 4.88 Å². The lowest BCUT2D eigenvalue weighted by molar-refractivity contribution is -0.142. The molecule has 0 saturated carbocycles. The first-order valence-corrected chi connectivity index (χ1v) is 17.9. The molecule has 3 aromatic carbocycles. The number of fused-ring (bicyclic) bond motifs is 17. The second kappa shape index (κ2) is 17.8. The van der Waals surface area contributed by atoms with Crippen LogP contribution in [0.5, 0.6) is 0 Å². The standard InChI is InChI=1S/C37H35Cl2N5O7S/c38-24-11-8-23(27(39)19-24)18-29-34(47)42-28(17-21-5-2-1-3-6-21)36(49)44-33(37(50)51)22-9-12-25(13-10-22)40-31(45)14-15-32(46)41-30(35(48)43-29)20-26-7-4-16-52-26/h1-13,16,19,28-30,33H,14-15,17-18,20H2,(H,40,45)(H,41,46)(H,42,47)(H,43,48)(H,44,49)(H,50,51)/t28-,29+,30-,33?/m1/s1. The van der Waals surface area contributed by atoms with E-state index in [9.17, 15) is 33.9 Å². The molecule has 2 aliphatic rings. The molecule has 6 N–H and O–H groups in total. The van der Waals surface area contributed by atoms with Crippen molar-refractivity contribution in [3.05, 3.63) is 122 Å². The molecule has 5 amide bonds. The topological polar surface area (TPSA) is 183 Å². The van der Waals surface area contributed by atoms with Gasteiger partial charge in [-0.1, -0.05) is 77.8 Å². The maximum absolute atomic E-state index is 14.2. The predicted octanol–water partition coefficient (Wildman–Crippen LogP) is 4.21. The van der Waals surface area contributed by atoms with Crippen molar-refractivity contribution in [1.29, 1.82) is 0 Å². The average molecular weight is 765 g/mol. The minimum atomic E-state index is -1.51. The summed E-state index contributed by atoms with van der Waals surface area (Å²) < 4.78 is 0. The zero-order valence-electron chi connectivity index (χ0n) is 27.6. The van der Waals surface area contributed by atoms with Crippen LogP contribution in [0, 0.1) is 0 Å². The van der Waals surface area contributed by atoms with Crippen molar-refractivity contribution in [2.45, 2.75) is 56.3 Å². The Labute approximate surface area is 313 Å². The third-order valence-electron chi connectivity index (χ3n) is 8.27. The van der Waals surface area contributed by atoms with Crippen molar-refractivity contribution in [3.63, 3.8) is 0 Å². The van der Waals surface area contributed by atoms with E-state index in [1.54, 1.807) is 54.6 Å². The van der Waals surface area contributed by atoms with Crippen LogP contribution < -0.4 is 26.6 Å². The molecule has 12 nitrogen and oxygen atoms in total. The van der Waals surface area contributed by atoms with Gasteiger partial charge >= 0.3 is 5.97 Å². The zero-order valence-corrected chi connectivity index (χ0v) is 29.9. The Morgan fingerprint density at radius 1 is 0.692 bits per heavy atom. The van der Waals surface area contributed by atoms with Gasteiger partial charge in [-0.25, -0.2) is 4.79 Å². The highest BCUT2D eigenvalue weighted by Crippen LogP contribution is 2.23. The second-order valence-corrected chi connectivity index (χ2v) is 14.0. The monoisotopic (exact) mass is 763 g/mol. The van der Waals surface area contributed by atoms with Crippen LogP contribution in [0.3, 0.4) is 0 Å². The van der Waals surface area contributed by atoms with Gasteiger partial charge in [-0.3, -0.25) is 24.0 Å². The first-order chi connectivity index (χ1) is 24.9. The minimum Gasteiger partial charge on any atom is -0.479 e. The first kappa shape index (κ1) is 38.0. The fraction of sp³-hybridized carbons (Fsp3) is 0.243. The molecule has 1 aromatic heterocycles. The van der Waals surface area contributed by atoms with E-state index in [4.69, 9.17) is 23.2 Å². The highest BCUT2D eigenvalue weighted by molar-refractivity contribution is 7.09. The lowest BCUT2D eigenvalue weighted by atomic mass is 10.0. The molecule has 52 heavy (non-hydrogen) atoms. The quantitative estimate of drug-likeness (QED) is 0.153. The van der Waals surface area contributed by atoms with Gasteiger partial charge in [-0.05, 0) is 52.4 Å². The Morgan fingerprint density at radius 3 is 1.96 bits per heavy atom. The number of thiophene rings is 1. The molecule has 6 rings (SSSR count). The van der Waals surface area contributed by atoms with E-state index in [0.29, 0.717) is 21.8 Å². The Kier molecular flexibility index (Phi) is 13.0. The molecule has 0 aliphatic carbocycles. The number of halogens is 2. The van der Waals surface area contributed by atoms with Gasteiger partial charge in [0.05, 0.1) is 0 Å². The minimum absolute atomic E-state index is 0.0187. The van der Waals surface area contributed by atoms with Crippen molar-refractivity contribution in [2.24, 2.45) is 0 Å². The van der Waals surface area contributed by atoms with Gasteiger partial charge in [0, 0.05) is 52.7 Å². The van der Waals surface area contributed by atoms with Gasteiger partial charge < -0.3 is 31.7 Å². The molecule has 3 heterocycles. The molecule has 0 saturated heterocycles. The summed E-state index contributed by atoms with van der Waals surface area (Å²) in [4.78, 5) is 81.0. The summed E-state index contributed by atoms with van der Waals surface area (Å²) in [6, 6.07) is 17.7. The van der Waals surface area contributed by atoms with Gasteiger partial charge in [-0.15, -0.1) is 11.3 Å². The average Bonchev–Trinajstić information content (AvgIpc) is 3.63. The third-order valence-corrected chi connectivity index (χ3v) is 9.75. The summed E-state index contributed by atoms with van der Waals surface area (Å²) in [5, 5.41) is 25.9. The molecule has 4 atom stereocenters. The number of carbonyl (C=O) groups excluding carboxylic acids is 5. The van der Waals surface area contributed by atoms with E-state index in [1.165, 1.54) is 41.7 Å². The zero-order chi connectivity index (χ0) is 37.2. The molecular weight excluding hydrogens is 729 g/mol. The summed E-state index contributed by atoms with van der Waals surface area (Å²) in [5.74, 6) is -4.67. The van der Waals surface area contributed by atoms with E-state index in [2.05, 4.69) is 26.6 Å². The molecule has 1 unspecified atom stereocenters. The normalized spacial score (nSPS) is 20.5. The van der Waals surface area contributed by atoms with E-state index in [1.807, 2.05) is 5.38 Å². The Morgan fingerprint density at radius 2 is 1.33 bits per heavy atom. The number of benzene rings is 3. The van der Waals surface area contributed by atoms with Gasteiger partial charge in [0.25, 0.3) is 0 Å². The van der Waals surface area contributed by atoms with Gasteiger partial charge in [-0.2, -0.15) is 0 Å². The van der Waals surface area contributed by atoms with E-state index >= 15 is 0 Å². The predicted molar refractivity (Wildman–Crippen MR) is 197 cm³/mol. The summed E-state index contributed by atoms with van der Waals surface area (Å²) in [6.45, 7) is 0. The summed E-state index contributed by atoms with van der Waals surface area (Å²) >= 11 is 14.0. The third kappa shape index (κ3) is 10.6. The van der Waals surface area contributed by atoms with Gasteiger partial charge in [0.1, 0.15) is 18.1 Å². The van der Waals surface area contributed by atoms with Crippen molar-refractivity contribution >= 4 is 75.7 Å². The van der Waals surface area contributed by atoms with Crippen LogP contribution in [0.25, 0.3) is 0 Å². The van der Waals surface area contributed by atoms with Gasteiger partial charge in [0.15, 0.2) is 6.04 Å². The first-order valence-electron chi connectivity index (χ1n) is 16.3. The molecule has 4 aromatic rings. The van der Waals surface area contributed by atoms with Crippen molar-refractivity contribution < 1.29 is 33.9 Å². The highest BCUT2D eigenvalue weighted by atomic mass is 35.5. The van der Waals surface area contributed by atoms with Crippen LogP contribution in [0.2, 0.25) is 10.0 Å². The van der Waals surface area contributed by atoms with E-state index in [-0.39, 0.29) is 42.7 Å².